The highest BCUT2D eigenvalue weighted by Gasteiger charge is 2.32. The smallest absolute Gasteiger partial charge is 0.263 e. The van der Waals surface area contributed by atoms with E-state index in [-0.39, 0.29) is 0 Å². The fraction of sp³-hybridized carbons (Fsp3) is 0.250. The predicted octanol–water partition coefficient (Wildman–Crippen LogP) is 1.74. The van der Waals surface area contributed by atoms with Gasteiger partial charge >= 0.3 is 0 Å². The predicted molar refractivity (Wildman–Crippen MR) is 55.1 cm³/mol. The van der Waals surface area contributed by atoms with Crippen LogP contribution in [0.3, 0.4) is 0 Å². The molecule has 0 heterocycles. The monoisotopic (exact) mass is 256 g/mol. The summed E-state index contributed by atoms with van der Waals surface area (Å²) in [6, 6.07) is 5.84. The maximum Gasteiger partial charge on any atom is 0.263 e. The Bertz CT molecular complexity index is 330. The number of hydrogen-bond donors (Lipinski definition) is 3. The highest BCUT2D eigenvalue weighted by atomic mass is 35.6. The summed E-state index contributed by atoms with van der Waals surface area (Å²) < 4.78 is -1.23. The first-order valence-corrected chi connectivity index (χ1v) is 4.71. The number of aliphatic hydroxyl groups excluding tert-OH is 1. The van der Waals surface area contributed by atoms with Crippen molar-refractivity contribution in [3.8, 4) is 11.1 Å². The van der Waals surface area contributed by atoms with Crippen LogP contribution >= 0.6 is 34.8 Å². The molecular weight excluding hydrogens is 250 g/mol. The summed E-state index contributed by atoms with van der Waals surface area (Å²) in [4.78, 5) is 0. The molecule has 2 rings (SSSR count). The minimum absolute atomic E-state index is 0.815. The van der Waals surface area contributed by atoms with E-state index in [0.29, 0.717) is 0 Å². The number of rotatable bonds is 0. The zero-order chi connectivity index (χ0) is 10.9. The van der Waals surface area contributed by atoms with Gasteiger partial charge in [-0.25, -0.2) is 0 Å². The maximum atomic E-state index is 7.17. The van der Waals surface area contributed by atoms with Crippen LogP contribution in [0.15, 0.2) is 18.2 Å². The Balaban J connectivity index is 0.000000213. The van der Waals surface area contributed by atoms with Gasteiger partial charge in [0.15, 0.2) is 0 Å². The van der Waals surface area contributed by atoms with Gasteiger partial charge < -0.3 is 15.3 Å². The molecule has 0 saturated carbocycles. The van der Waals surface area contributed by atoms with E-state index in [9.17, 15) is 0 Å². The van der Waals surface area contributed by atoms with Gasteiger partial charge in [-0.15, -0.1) is 0 Å². The normalized spacial score (nSPS) is 12.2. The molecule has 0 spiro atoms. The molecule has 2 aliphatic carbocycles. The number of hydrogen-bond acceptors (Lipinski definition) is 3. The van der Waals surface area contributed by atoms with E-state index in [0.717, 1.165) is 11.1 Å². The molecule has 6 heteroatoms. The highest BCUT2D eigenvalue weighted by molar-refractivity contribution is 6.67. The average Bonchev–Trinajstić information content (AvgIpc) is 1.91. The van der Waals surface area contributed by atoms with Gasteiger partial charge in [0, 0.05) is 5.56 Å². The van der Waals surface area contributed by atoms with Gasteiger partial charge in [0.05, 0.1) is 0 Å². The fourth-order valence-corrected chi connectivity index (χ4v) is 1.49. The van der Waals surface area contributed by atoms with Gasteiger partial charge in [0.1, 0.15) is 0 Å². The van der Waals surface area contributed by atoms with Gasteiger partial charge in [-0.05, 0) is 17.2 Å². The van der Waals surface area contributed by atoms with Crippen LogP contribution < -0.4 is 0 Å². The Morgan fingerprint density at radius 3 is 1.64 bits per heavy atom. The van der Waals surface area contributed by atoms with E-state index in [1.807, 2.05) is 18.2 Å². The van der Waals surface area contributed by atoms with E-state index in [1.165, 1.54) is 5.56 Å². The highest BCUT2D eigenvalue weighted by Crippen LogP contribution is 2.49. The number of fused-ring (bicyclic) bond motifs is 1. The van der Waals surface area contributed by atoms with Crippen LogP contribution in [-0.4, -0.2) is 21.8 Å². The summed E-state index contributed by atoms with van der Waals surface area (Å²) in [6.07, 6.45) is 0. The molecule has 0 saturated heterocycles. The summed E-state index contributed by atoms with van der Waals surface area (Å²) in [5.41, 5.74) is 3.11. The molecule has 0 unspecified atom stereocenters. The first-order valence-electron chi connectivity index (χ1n) is 3.58. The Kier molecular flexibility index (Phi) is 3.63. The SMILES string of the molecule is ClC(Cl)(Cl)c1cc2ccc1-2.OC(O)O. The third-order valence-electron chi connectivity index (χ3n) is 1.64. The van der Waals surface area contributed by atoms with Crippen molar-refractivity contribution >= 4 is 34.8 Å². The van der Waals surface area contributed by atoms with Crippen molar-refractivity contribution in [2.75, 3.05) is 0 Å². The topological polar surface area (TPSA) is 60.7 Å². The molecule has 0 aromatic heterocycles. The summed E-state index contributed by atoms with van der Waals surface area (Å²) in [7, 11) is 0. The molecule has 0 amide bonds. The fourth-order valence-electron chi connectivity index (χ4n) is 1.02. The summed E-state index contributed by atoms with van der Waals surface area (Å²) in [6.45, 7) is -2.17. The summed E-state index contributed by atoms with van der Waals surface area (Å²) >= 11 is 16.9. The van der Waals surface area contributed by atoms with Crippen molar-refractivity contribution in [3.63, 3.8) is 0 Å². The molecule has 0 radical (unpaired) electrons. The summed E-state index contributed by atoms with van der Waals surface area (Å²) in [5.74, 6) is 0. The van der Waals surface area contributed by atoms with Crippen molar-refractivity contribution < 1.29 is 15.3 Å². The Morgan fingerprint density at radius 2 is 1.57 bits per heavy atom. The lowest BCUT2D eigenvalue weighted by molar-refractivity contribution is -0.198. The minimum atomic E-state index is -2.17. The van der Waals surface area contributed by atoms with Gasteiger partial charge in [0.2, 0.25) is 3.79 Å². The molecule has 14 heavy (non-hydrogen) atoms. The van der Waals surface area contributed by atoms with Gasteiger partial charge in [0.25, 0.3) is 6.48 Å². The lowest BCUT2D eigenvalue weighted by atomic mass is 9.87. The minimum Gasteiger partial charge on any atom is -0.346 e. The van der Waals surface area contributed by atoms with Crippen molar-refractivity contribution in [2.45, 2.75) is 10.3 Å². The van der Waals surface area contributed by atoms with E-state index >= 15 is 0 Å². The second-order valence-electron chi connectivity index (χ2n) is 2.60. The number of aliphatic hydroxyl groups is 3. The Morgan fingerprint density at radius 1 is 1.07 bits per heavy atom. The Labute approximate surface area is 95.5 Å². The van der Waals surface area contributed by atoms with Crippen molar-refractivity contribution in [2.24, 2.45) is 0 Å². The van der Waals surface area contributed by atoms with Crippen LogP contribution in [0, 0.1) is 0 Å². The molecular formula is C8H7Cl3O3. The van der Waals surface area contributed by atoms with Crippen molar-refractivity contribution in [3.05, 3.63) is 23.8 Å². The third kappa shape index (κ3) is 2.73. The average molecular weight is 258 g/mol. The van der Waals surface area contributed by atoms with Gasteiger partial charge in [-0.3, -0.25) is 0 Å². The molecule has 3 N–H and O–H groups in total. The zero-order valence-electron chi connectivity index (χ0n) is 6.78. The van der Waals surface area contributed by atoms with E-state index < -0.39 is 10.3 Å². The van der Waals surface area contributed by atoms with E-state index in [2.05, 4.69) is 0 Å². The number of halogens is 3. The molecule has 0 bridgehead atoms. The molecule has 3 nitrogen and oxygen atoms in total. The largest absolute Gasteiger partial charge is 0.346 e. The van der Waals surface area contributed by atoms with Crippen LogP contribution in [0.1, 0.15) is 5.56 Å². The molecule has 0 aromatic carbocycles. The second-order valence-corrected chi connectivity index (χ2v) is 4.89. The molecule has 0 aromatic rings. The van der Waals surface area contributed by atoms with Crippen LogP contribution in [-0.2, 0) is 3.79 Å². The Hall–Kier alpha value is -0.0300. The lowest BCUT2D eigenvalue weighted by Crippen LogP contribution is -2.09. The van der Waals surface area contributed by atoms with Crippen LogP contribution in [0.2, 0.25) is 0 Å². The second kappa shape index (κ2) is 4.23. The molecule has 0 fully saturated rings. The van der Waals surface area contributed by atoms with Crippen LogP contribution in [0.5, 0.6) is 0 Å². The summed E-state index contributed by atoms with van der Waals surface area (Å²) in [5, 5.41) is 21.5. The maximum absolute atomic E-state index is 7.17. The number of alkyl halides is 3. The molecule has 2 aliphatic rings. The van der Waals surface area contributed by atoms with E-state index in [1.54, 1.807) is 0 Å². The quantitative estimate of drug-likeness (QED) is 0.498. The third-order valence-corrected chi connectivity index (χ3v) is 2.25. The molecule has 0 atom stereocenters. The van der Waals surface area contributed by atoms with Crippen molar-refractivity contribution in [1.29, 1.82) is 0 Å². The standard InChI is InChI=1S/C7H3Cl3.CH4O3/c8-7(9,10)6-3-4-1-2-5(4)6;2-1(3)4/h1-3H;1-4H. The molecule has 78 valence electrons. The number of benzene rings is 1. The van der Waals surface area contributed by atoms with Crippen LogP contribution in [0.4, 0.5) is 0 Å². The lowest BCUT2D eigenvalue weighted by Gasteiger charge is -2.25. The van der Waals surface area contributed by atoms with Crippen molar-refractivity contribution in [1.82, 2.24) is 0 Å². The van der Waals surface area contributed by atoms with Crippen LogP contribution in [0.25, 0.3) is 11.1 Å². The first kappa shape index (κ1) is 12.0. The van der Waals surface area contributed by atoms with Gasteiger partial charge in [-0.1, -0.05) is 46.9 Å². The molecule has 0 aliphatic heterocycles. The first-order chi connectivity index (χ1) is 6.32. The zero-order valence-corrected chi connectivity index (χ0v) is 9.05. The van der Waals surface area contributed by atoms with E-state index in [4.69, 9.17) is 50.1 Å². The van der Waals surface area contributed by atoms with Gasteiger partial charge in [-0.2, -0.15) is 0 Å².